The van der Waals surface area contributed by atoms with Crippen molar-refractivity contribution in [1.29, 1.82) is 0 Å². The second-order valence-corrected chi connectivity index (χ2v) is 6.45. The van der Waals surface area contributed by atoms with Crippen LogP contribution in [0.3, 0.4) is 0 Å². The summed E-state index contributed by atoms with van der Waals surface area (Å²) < 4.78 is 2.30. The van der Waals surface area contributed by atoms with E-state index in [9.17, 15) is 4.79 Å². The Balaban J connectivity index is 1.99. The van der Waals surface area contributed by atoms with E-state index in [1.54, 1.807) is 6.08 Å². The first-order valence-corrected chi connectivity index (χ1v) is 7.94. The quantitative estimate of drug-likeness (QED) is 0.795. The highest BCUT2D eigenvalue weighted by molar-refractivity contribution is 5.81. The molecular formula is C18H23N3O. The third-order valence-corrected chi connectivity index (χ3v) is 4.16. The molecule has 1 unspecified atom stereocenters. The van der Waals surface area contributed by atoms with Crippen LogP contribution in [0.4, 0.5) is 0 Å². The SMILES string of the molecule is C=CCN1CC(c2nc3ccccc3n2CC(C)C)CC1=O. The van der Waals surface area contributed by atoms with Gasteiger partial charge in [0.2, 0.25) is 5.91 Å². The standard InChI is InChI=1S/C18H23N3O/c1-4-9-20-12-14(10-17(20)22)18-19-15-7-5-6-8-16(15)21(18)11-13(2)3/h4-8,13-14H,1,9-12H2,2-3H3. The van der Waals surface area contributed by atoms with Crippen molar-refractivity contribution in [3.05, 3.63) is 42.7 Å². The number of imidazole rings is 1. The fraction of sp³-hybridized carbons (Fsp3) is 0.444. The molecule has 0 saturated carbocycles. The van der Waals surface area contributed by atoms with Gasteiger partial charge in [0.05, 0.1) is 11.0 Å². The zero-order valence-corrected chi connectivity index (χ0v) is 13.3. The minimum Gasteiger partial charge on any atom is -0.338 e. The number of nitrogens with zero attached hydrogens (tertiary/aromatic N) is 3. The largest absolute Gasteiger partial charge is 0.338 e. The highest BCUT2D eigenvalue weighted by Crippen LogP contribution is 2.30. The van der Waals surface area contributed by atoms with Crippen LogP contribution in [-0.2, 0) is 11.3 Å². The van der Waals surface area contributed by atoms with Crippen LogP contribution in [0.5, 0.6) is 0 Å². The molecule has 1 amide bonds. The van der Waals surface area contributed by atoms with E-state index in [2.05, 4.69) is 37.1 Å². The number of aromatic nitrogens is 2. The Kier molecular flexibility index (Phi) is 4.01. The lowest BCUT2D eigenvalue weighted by atomic mass is 10.1. The van der Waals surface area contributed by atoms with Gasteiger partial charge in [-0.05, 0) is 18.1 Å². The summed E-state index contributed by atoms with van der Waals surface area (Å²) in [7, 11) is 0. The zero-order chi connectivity index (χ0) is 15.7. The van der Waals surface area contributed by atoms with Gasteiger partial charge in [-0.1, -0.05) is 32.1 Å². The Morgan fingerprint density at radius 2 is 2.18 bits per heavy atom. The first-order chi connectivity index (χ1) is 10.6. The molecule has 0 bridgehead atoms. The van der Waals surface area contributed by atoms with Crippen molar-refractivity contribution in [2.45, 2.75) is 32.7 Å². The molecule has 116 valence electrons. The Morgan fingerprint density at radius 1 is 1.41 bits per heavy atom. The third-order valence-electron chi connectivity index (χ3n) is 4.16. The number of hydrogen-bond donors (Lipinski definition) is 0. The molecule has 2 heterocycles. The van der Waals surface area contributed by atoms with E-state index in [1.165, 1.54) is 5.52 Å². The molecule has 0 N–H and O–H groups in total. The van der Waals surface area contributed by atoms with Gasteiger partial charge in [0.1, 0.15) is 5.82 Å². The van der Waals surface area contributed by atoms with Crippen molar-refractivity contribution in [3.8, 4) is 0 Å². The minimum atomic E-state index is 0.179. The summed E-state index contributed by atoms with van der Waals surface area (Å²) in [4.78, 5) is 18.8. The van der Waals surface area contributed by atoms with E-state index in [4.69, 9.17) is 4.98 Å². The van der Waals surface area contributed by atoms with Gasteiger partial charge >= 0.3 is 0 Å². The van der Waals surface area contributed by atoms with Crippen LogP contribution in [0.25, 0.3) is 11.0 Å². The predicted molar refractivity (Wildman–Crippen MR) is 88.7 cm³/mol. The maximum atomic E-state index is 12.1. The fourth-order valence-corrected chi connectivity index (χ4v) is 3.24. The molecule has 1 aromatic heterocycles. The van der Waals surface area contributed by atoms with E-state index in [1.807, 2.05) is 17.0 Å². The van der Waals surface area contributed by atoms with Gasteiger partial charge in [-0.15, -0.1) is 6.58 Å². The van der Waals surface area contributed by atoms with E-state index >= 15 is 0 Å². The van der Waals surface area contributed by atoms with Crippen LogP contribution in [0, 0.1) is 5.92 Å². The van der Waals surface area contributed by atoms with Crippen molar-refractivity contribution >= 4 is 16.9 Å². The average Bonchev–Trinajstić information content (AvgIpc) is 3.01. The Bertz CT molecular complexity index is 701. The molecule has 1 aliphatic heterocycles. The monoisotopic (exact) mass is 297 g/mol. The number of amides is 1. The normalized spacial score (nSPS) is 18.6. The van der Waals surface area contributed by atoms with Crippen molar-refractivity contribution in [2.75, 3.05) is 13.1 Å². The number of likely N-dealkylation sites (tertiary alicyclic amines) is 1. The lowest BCUT2D eigenvalue weighted by Crippen LogP contribution is -2.25. The molecule has 1 aromatic carbocycles. The molecule has 0 spiro atoms. The summed E-state index contributed by atoms with van der Waals surface area (Å²) in [5.74, 6) is 1.97. The third kappa shape index (κ3) is 2.65. The van der Waals surface area contributed by atoms with E-state index in [0.29, 0.717) is 18.9 Å². The van der Waals surface area contributed by atoms with Crippen LogP contribution < -0.4 is 0 Å². The number of rotatable bonds is 5. The van der Waals surface area contributed by atoms with Crippen LogP contribution in [0.2, 0.25) is 0 Å². The summed E-state index contributed by atoms with van der Waals surface area (Å²) >= 11 is 0. The van der Waals surface area contributed by atoms with Crippen molar-refractivity contribution in [3.63, 3.8) is 0 Å². The van der Waals surface area contributed by atoms with E-state index in [0.717, 1.165) is 24.4 Å². The fourth-order valence-electron chi connectivity index (χ4n) is 3.24. The maximum absolute atomic E-state index is 12.1. The van der Waals surface area contributed by atoms with Crippen LogP contribution in [0.15, 0.2) is 36.9 Å². The first kappa shape index (κ1) is 14.8. The Labute approximate surface area is 131 Å². The minimum absolute atomic E-state index is 0.179. The molecule has 22 heavy (non-hydrogen) atoms. The summed E-state index contributed by atoms with van der Waals surface area (Å²) in [5.41, 5.74) is 2.19. The van der Waals surface area contributed by atoms with E-state index in [-0.39, 0.29) is 11.8 Å². The number of para-hydroxylation sites is 2. The summed E-state index contributed by atoms with van der Waals surface area (Å²) in [5, 5.41) is 0. The molecule has 4 heteroatoms. The molecule has 0 aliphatic carbocycles. The molecule has 1 saturated heterocycles. The lowest BCUT2D eigenvalue weighted by Gasteiger charge is -2.16. The Morgan fingerprint density at radius 3 is 2.91 bits per heavy atom. The van der Waals surface area contributed by atoms with Crippen LogP contribution in [0.1, 0.15) is 32.0 Å². The van der Waals surface area contributed by atoms with E-state index < -0.39 is 0 Å². The van der Waals surface area contributed by atoms with Gasteiger partial charge in [0, 0.05) is 32.0 Å². The number of fused-ring (bicyclic) bond motifs is 1. The molecule has 1 atom stereocenters. The number of benzene rings is 1. The van der Waals surface area contributed by atoms with Gasteiger partial charge in [0.25, 0.3) is 0 Å². The molecular weight excluding hydrogens is 274 g/mol. The zero-order valence-electron chi connectivity index (χ0n) is 13.3. The molecule has 0 radical (unpaired) electrons. The molecule has 1 fully saturated rings. The van der Waals surface area contributed by atoms with Gasteiger partial charge < -0.3 is 9.47 Å². The Hall–Kier alpha value is -2.10. The predicted octanol–water partition coefficient (Wildman–Crippen LogP) is 3.19. The first-order valence-electron chi connectivity index (χ1n) is 7.94. The maximum Gasteiger partial charge on any atom is 0.223 e. The molecule has 3 rings (SSSR count). The van der Waals surface area contributed by atoms with Crippen LogP contribution >= 0.6 is 0 Å². The highest BCUT2D eigenvalue weighted by atomic mass is 16.2. The molecule has 4 nitrogen and oxygen atoms in total. The van der Waals surface area contributed by atoms with Gasteiger partial charge in [-0.3, -0.25) is 4.79 Å². The second kappa shape index (κ2) is 5.95. The summed E-state index contributed by atoms with van der Waals surface area (Å²) in [6.45, 7) is 10.5. The highest BCUT2D eigenvalue weighted by Gasteiger charge is 2.33. The van der Waals surface area contributed by atoms with Crippen molar-refractivity contribution in [2.24, 2.45) is 5.92 Å². The van der Waals surface area contributed by atoms with Crippen LogP contribution in [-0.4, -0.2) is 33.4 Å². The number of carbonyl (C=O) groups excluding carboxylic acids is 1. The molecule has 1 aliphatic rings. The topological polar surface area (TPSA) is 38.1 Å². The number of hydrogen-bond acceptors (Lipinski definition) is 2. The van der Waals surface area contributed by atoms with Gasteiger partial charge in [-0.2, -0.15) is 0 Å². The summed E-state index contributed by atoms with van der Waals surface area (Å²) in [6.07, 6.45) is 2.34. The van der Waals surface area contributed by atoms with Gasteiger partial charge in [0.15, 0.2) is 0 Å². The van der Waals surface area contributed by atoms with Gasteiger partial charge in [-0.25, -0.2) is 4.98 Å². The second-order valence-electron chi connectivity index (χ2n) is 6.45. The number of carbonyl (C=O) groups is 1. The molecule has 2 aromatic rings. The average molecular weight is 297 g/mol. The van der Waals surface area contributed by atoms with Crippen molar-refractivity contribution < 1.29 is 4.79 Å². The smallest absolute Gasteiger partial charge is 0.223 e. The van der Waals surface area contributed by atoms with Crippen molar-refractivity contribution in [1.82, 2.24) is 14.5 Å². The lowest BCUT2D eigenvalue weighted by molar-refractivity contribution is -0.127. The summed E-state index contributed by atoms with van der Waals surface area (Å²) in [6, 6.07) is 8.23.